The molecule has 52 heavy (non-hydrogen) atoms. The summed E-state index contributed by atoms with van der Waals surface area (Å²) in [6.45, 7) is 8.16. The molecule has 0 aromatic carbocycles. The molecule has 10 nitrogen and oxygen atoms in total. The summed E-state index contributed by atoms with van der Waals surface area (Å²) in [5, 5.41) is 8.45. The summed E-state index contributed by atoms with van der Waals surface area (Å²) >= 11 is 2.84. The zero-order chi connectivity index (χ0) is 37.7. The van der Waals surface area contributed by atoms with Gasteiger partial charge in [0.2, 0.25) is 0 Å². The molecular formula is C34H30BBrF6N8O2. The molecule has 7 heterocycles. The van der Waals surface area contributed by atoms with Gasteiger partial charge in [-0.15, -0.1) is 0 Å². The zero-order valence-electron chi connectivity index (χ0n) is 28.0. The van der Waals surface area contributed by atoms with Crippen molar-refractivity contribution in [1.29, 1.82) is 0 Å². The number of hydrogen-bond acceptors (Lipinski definition) is 8. The van der Waals surface area contributed by atoms with E-state index in [4.69, 9.17) is 9.31 Å². The second-order valence-corrected chi connectivity index (χ2v) is 13.0. The van der Waals surface area contributed by atoms with E-state index < -0.39 is 23.7 Å². The predicted molar refractivity (Wildman–Crippen MR) is 184 cm³/mol. The van der Waals surface area contributed by atoms with Crippen LogP contribution in [0.3, 0.4) is 0 Å². The molecule has 0 atom stereocenters. The molecule has 0 bridgehead atoms. The van der Waals surface area contributed by atoms with Crippen molar-refractivity contribution >= 4 is 28.5 Å². The lowest BCUT2D eigenvalue weighted by Gasteiger charge is -2.32. The van der Waals surface area contributed by atoms with Gasteiger partial charge in [0.1, 0.15) is 16.0 Å². The molecule has 0 aliphatic carbocycles. The fourth-order valence-corrected chi connectivity index (χ4v) is 4.82. The number of rotatable bonds is 4. The molecule has 0 unspecified atom stereocenters. The third kappa shape index (κ3) is 9.48. The van der Waals surface area contributed by atoms with Crippen molar-refractivity contribution in [3.8, 4) is 22.6 Å². The van der Waals surface area contributed by atoms with E-state index in [-0.39, 0.29) is 28.6 Å². The van der Waals surface area contributed by atoms with Crippen LogP contribution in [0, 0.1) is 0 Å². The third-order valence-electron chi connectivity index (χ3n) is 7.87. The van der Waals surface area contributed by atoms with Gasteiger partial charge in [0.05, 0.1) is 46.9 Å². The number of alkyl halides is 6. The maximum Gasteiger partial charge on any atom is 0.498 e. The first-order valence-corrected chi connectivity index (χ1v) is 16.2. The Labute approximate surface area is 303 Å². The second-order valence-electron chi connectivity index (χ2n) is 12.2. The SMILES string of the molecule is CC1(C)OB(c2cnn(-c3cccnc3)c2)OC1(C)C.FC(F)(F)c1cccc(-c2cnn(-c3cccnc3)c2)n1.FC(F)(F)c1cccc(Br)n1. The predicted octanol–water partition coefficient (Wildman–Crippen LogP) is 7.78. The maximum atomic E-state index is 12.7. The fraction of sp³-hybridized carbons (Fsp3) is 0.235. The summed E-state index contributed by atoms with van der Waals surface area (Å²) in [5.74, 6) is 0. The standard InChI is InChI=1S/C14H18BN3O2.C14H9F3N4.C6H3BrF3N/c1-13(2)14(3,4)20-15(19-13)11-8-17-18(10-11)12-6-5-7-16-9-12;15-14(16,17)13-5-1-4-12(20-13)10-7-19-21(9-10)11-3-2-6-18-8-11;7-5-3-1-2-4(11-5)6(8,9)10/h5-10H,1-4H3;1-9H;1-3H. The summed E-state index contributed by atoms with van der Waals surface area (Å²) in [5.41, 5.74) is 0.784. The van der Waals surface area contributed by atoms with Crippen LogP contribution >= 0.6 is 15.9 Å². The minimum Gasteiger partial charge on any atom is -0.399 e. The monoisotopic (exact) mass is 786 g/mol. The van der Waals surface area contributed by atoms with Crippen LogP contribution in [0.4, 0.5) is 26.3 Å². The van der Waals surface area contributed by atoms with E-state index in [1.54, 1.807) is 54.0 Å². The average molecular weight is 787 g/mol. The lowest BCUT2D eigenvalue weighted by Crippen LogP contribution is -2.41. The van der Waals surface area contributed by atoms with Gasteiger partial charge in [-0.3, -0.25) is 9.97 Å². The van der Waals surface area contributed by atoms with Gasteiger partial charge < -0.3 is 9.31 Å². The molecule has 1 aliphatic heterocycles. The molecule has 0 saturated carbocycles. The van der Waals surface area contributed by atoms with E-state index in [2.05, 4.69) is 46.1 Å². The third-order valence-corrected chi connectivity index (χ3v) is 8.31. The lowest BCUT2D eigenvalue weighted by atomic mass is 9.82. The topological polar surface area (TPSA) is 106 Å². The van der Waals surface area contributed by atoms with Gasteiger partial charge >= 0.3 is 19.5 Å². The van der Waals surface area contributed by atoms with Crippen LogP contribution in [0.1, 0.15) is 39.1 Å². The van der Waals surface area contributed by atoms with E-state index in [1.807, 2.05) is 46.0 Å². The summed E-state index contributed by atoms with van der Waals surface area (Å²) < 4.78 is 89.1. The normalized spacial score (nSPS) is 14.9. The van der Waals surface area contributed by atoms with Gasteiger partial charge in [-0.1, -0.05) is 12.1 Å². The summed E-state index contributed by atoms with van der Waals surface area (Å²) in [7, 11) is -0.384. The highest BCUT2D eigenvalue weighted by molar-refractivity contribution is 9.10. The van der Waals surface area contributed by atoms with Crippen LogP contribution in [0.15, 0.2) is 115 Å². The number of nitrogens with zero attached hydrogens (tertiary/aromatic N) is 8. The van der Waals surface area contributed by atoms with E-state index in [9.17, 15) is 26.3 Å². The lowest BCUT2D eigenvalue weighted by molar-refractivity contribution is -0.142. The average Bonchev–Trinajstić information content (AvgIpc) is 3.84. The Bertz CT molecular complexity index is 2060. The first-order chi connectivity index (χ1) is 24.4. The smallest absolute Gasteiger partial charge is 0.399 e. The zero-order valence-corrected chi connectivity index (χ0v) is 29.6. The van der Waals surface area contributed by atoms with Crippen molar-refractivity contribution in [2.75, 3.05) is 0 Å². The highest BCUT2D eigenvalue weighted by Gasteiger charge is 2.52. The summed E-state index contributed by atoms with van der Waals surface area (Å²) in [4.78, 5) is 14.9. The Morgan fingerprint density at radius 3 is 1.65 bits per heavy atom. The molecule has 1 fully saturated rings. The summed E-state index contributed by atoms with van der Waals surface area (Å²) in [6.07, 6.45) is 4.68. The second kappa shape index (κ2) is 15.4. The Morgan fingerprint density at radius 2 is 1.15 bits per heavy atom. The molecule has 0 radical (unpaired) electrons. The van der Waals surface area contributed by atoms with E-state index in [0.717, 1.165) is 29.0 Å². The molecule has 0 amide bonds. The Hall–Kier alpha value is -4.94. The molecule has 0 N–H and O–H groups in total. The van der Waals surface area contributed by atoms with Gasteiger partial charge in [0.15, 0.2) is 0 Å². The molecule has 0 spiro atoms. The van der Waals surface area contributed by atoms with E-state index in [1.165, 1.54) is 35.1 Å². The molecule has 1 saturated heterocycles. The number of hydrogen-bond donors (Lipinski definition) is 0. The van der Waals surface area contributed by atoms with Gasteiger partial charge in [0.25, 0.3) is 0 Å². The van der Waals surface area contributed by atoms with E-state index in [0.29, 0.717) is 5.56 Å². The first-order valence-electron chi connectivity index (χ1n) is 15.4. The fourth-order valence-electron chi connectivity index (χ4n) is 4.47. The van der Waals surface area contributed by atoms with Gasteiger partial charge in [-0.2, -0.15) is 36.5 Å². The van der Waals surface area contributed by atoms with Crippen molar-refractivity contribution in [1.82, 2.24) is 39.5 Å². The van der Waals surface area contributed by atoms with Crippen LogP contribution < -0.4 is 5.46 Å². The van der Waals surface area contributed by atoms with Crippen molar-refractivity contribution in [2.24, 2.45) is 0 Å². The maximum absolute atomic E-state index is 12.7. The molecule has 7 rings (SSSR count). The minimum atomic E-state index is -4.46. The molecule has 18 heteroatoms. The molecule has 270 valence electrons. The van der Waals surface area contributed by atoms with Crippen molar-refractivity contribution in [3.63, 3.8) is 0 Å². The summed E-state index contributed by atoms with van der Waals surface area (Å²) in [6, 6.07) is 14.8. The molecular weight excluding hydrogens is 757 g/mol. The number of aromatic nitrogens is 8. The first kappa shape index (κ1) is 38.3. The molecule has 6 aromatic rings. The van der Waals surface area contributed by atoms with Crippen LogP contribution in [-0.4, -0.2) is 57.8 Å². The van der Waals surface area contributed by atoms with Gasteiger partial charge in [-0.25, -0.2) is 19.3 Å². The Balaban J connectivity index is 0.000000158. The molecule has 6 aromatic heterocycles. The van der Waals surface area contributed by atoms with Crippen molar-refractivity contribution in [3.05, 3.63) is 126 Å². The van der Waals surface area contributed by atoms with Gasteiger partial charge in [0, 0.05) is 42.0 Å². The van der Waals surface area contributed by atoms with Crippen molar-refractivity contribution < 1.29 is 35.7 Å². The van der Waals surface area contributed by atoms with Crippen molar-refractivity contribution in [2.45, 2.75) is 51.2 Å². The van der Waals surface area contributed by atoms with Crippen LogP contribution in [-0.2, 0) is 21.7 Å². The van der Waals surface area contributed by atoms with Crippen LogP contribution in [0.25, 0.3) is 22.6 Å². The Morgan fingerprint density at radius 1 is 0.635 bits per heavy atom. The van der Waals surface area contributed by atoms with Crippen LogP contribution in [0.2, 0.25) is 0 Å². The minimum absolute atomic E-state index is 0.187. The number of halogens is 7. The highest BCUT2D eigenvalue weighted by Crippen LogP contribution is 2.36. The Kier molecular flexibility index (Phi) is 11.3. The van der Waals surface area contributed by atoms with Crippen LogP contribution in [0.5, 0.6) is 0 Å². The molecule has 1 aliphatic rings. The quantitative estimate of drug-likeness (QED) is 0.101. The van der Waals surface area contributed by atoms with E-state index >= 15 is 0 Å². The number of pyridine rings is 4. The largest absolute Gasteiger partial charge is 0.498 e. The highest BCUT2D eigenvalue weighted by atomic mass is 79.9. The van der Waals surface area contributed by atoms with Gasteiger partial charge in [-0.05, 0) is 92.2 Å².